The first-order valence-corrected chi connectivity index (χ1v) is 7.07. The van der Waals surface area contributed by atoms with Crippen LogP contribution in [-0.4, -0.2) is 17.9 Å². The predicted molar refractivity (Wildman–Crippen MR) is 71.1 cm³/mol. The number of piperidine rings is 1. The fourth-order valence-electron chi connectivity index (χ4n) is 3.15. The number of benzene rings is 1. The lowest BCUT2D eigenvalue weighted by Crippen LogP contribution is -2.40. The summed E-state index contributed by atoms with van der Waals surface area (Å²) in [5, 5.41) is 3.58. The summed E-state index contributed by atoms with van der Waals surface area (Å²) in [6.45, 7) is 0. The number of carbonyl (C=O) groups is 1. The maximum atomic E-state index is 12.4. The highest BCUT2D eigenvalue weighted by atomic mass is 79.9. The van der Waals surface area contributed by atoms with Gasteiger partial charge in [-0.2, -0.15) is 0 Å². The molecule has 2 aliphatic rings. The summed E-state index contributed by atoms with van der Waals surface area (Å²) in [5.41, 5.74) is 0.852. The number of rotatable bonds is 2. The number of hydrogen-bond donors (Lipinski definition) is 1. The van der Waals surface area contributed by atoms with E-state index in [4.69, 9.17) is 0 Å². The lowest BCUT2D eigenvalue weighted by atomic mass is 9.86. The third kappa shape index (κ3) is 2.31. The predicted octanol–water partition coefficient (Wildman–Crippen LogP) is 3.16. The van der Waals surface area contributed by atoms with Crippen LogP contribution in [0.2, 0.25) is 0 Å². The van der Waals surface area contributed by atoms with E-state index in [9.17, 15) is 4.79 Å². The molecular weight excluding hydrogens is 278 g/mol. The molecule has 0 saturated carbocycles. The van der Waals surface area contributed by atoms with E-state index in [1.165, 1.54) is 12.8 Å². The average molecular weight is 294 g/mol. The molecule has 3 heteroatoms. The topological polar surface area (TPSA) is 29.1 Å². The first-order valence-electron chi connectivity index (χ1n) is 6.28. The highest BCUT2D eigenvalue weighted by molar-refractivity contribution is 9.10. The van der Waals surface area contributed by atoms with E-state index in [0.29, 0.717) is 17.9 Å². The molecule has 0 aliphatic carbocycles. The molecule has 2 nitrogen and oxygen atoms in total. The zero-order valence-corrected chi connectivity index (χ0v) is 11.2. The van der Waals surface area contributed by atoms with Crippen LogP contribution in [0, 0.1) is 5.92 Å². The third-order valence-corrected chi connectivity index (χ3v) is 4.45. The second kappa shape index (κ2) is 4.54. The second-order valence-electron chi connectivity index (χ2n) is 5.18. The van der Waals surface area contributed by atoms with Gasteiger partial charge in [-0.25, -0.2) is 0 Å². The molecule has 2 fully saturated rings. The molecule has 0 aromatic heterocycles. The van der Waals surface area contributed by atoms with E-state index in [1.807, 2.05) is 24.3 Å². The van der Waals surface area contributed by atoms with Gasteiger partial charge in [0.2, 0.25) is 0 Å². The molecule has 2 bridgehead atoms. The van der Waals surface area contributed by atoms with Gasteiger partial charge in [0.25, 0.3) is 0 Å². The van der Waals surface area contributed by atoms with Crippen molar-refractivity contribution in [3.8, 4) is 0 Å². The first kappa shape index (κ1) is 11.4. The number of ketones is 1. The molecule has 2 aliphatic heterocycles. The zero-order chi connectivity index (χ0) is 11.8. The number of fused-ring (bicyclic) bond motifs is 2. The van der Waals surface area contributed by atoms with Crippen molar-refractivity contribution < 1.29 is 4.79 Å². The van der Waals surface area contributed by atoms with E-state index in [2.05, 4.69) is 21.2 Å². The summed E-state index contributed by atoms with van der Waals surface area (Å²) in [6.07, 6.45) is 4.52. The molecule has 2 heterocycles. The molecule has 1 aromatic carbocycles. The molecule has 2 saturated heterocycles. The molecule has 0 amide bonds. The van der Waals surface area contributed by atoms with Crippen molar-refractivity contribution in [1.82, 2.24) is 5.32 Å². The van der Waals surface area contributed by atoms with Crippen molar-refractivity contribution in [2.24, 2.45) is 5.92 Å². The van der Waals surface area contributed by atoms with Crippen molar-refractivity contribution in [2.75, 3.05) is 0 Å². The van der Waals surface area contributed by atoms with Crippen LogP contribution in [0.3, 0.4) is 0 Å². The van der Waals surface area contributed by atoms with Crippen LogP contribution in [0.4, 0.5) is 0 Å². The SMILES string of the molecule is O=C(c1cccc(Br)c1)C1CC2CCC(C1)N2. The highest BCUT2D eigenvalue weighted by Crippen LogP contribution is 2.33. The molecule has 0 spiro atoms. The van der Waals surface area contributed by atoms with E-state index < -0.39 is 0 Å². The molecule has 3 rings (SSSR count). The van der Waals surface area contributed by atoms with Crippen LogP contribution in [0.25, 0.3) is 0 Å². The average Bonchev–Trinajstić information content (AvgIpc) is 2.67. The van der Waals surface area contributed by atoms with Crippen molar-refractivity contribution in [1.29, 1.82) is 0 Å². The van der Waals surface area contributed by atoms with Gasteiger partial charge in [-0.15, -0.1) is 0 Å². The monoisotopic (exact) mass is 293 g/mol. The Morgan fingerprint density at radius 3 is 2.59 bits per heavy atom. The number of Topliss-reactive ketones (excluding diaryl/α,β-unsaturated/α-hetero) is 1. The Hall–Kier alpha value is -0.670. The minimum atomic E-state index is 0.225. The lowest BCUT2D eigenvalue weighted by Gasteiger charge is -2.28. The molecule has 0 radical (unpaired) electrons. The fraction of sp³-hybridized carbons (Fsp3) is 0.500. The standard InChI is InChI=1S/C14H16BrNO/c15-11-3-1-2-9(6-11)14(17)10-7-12-4-5-13(8-10)16-12/h1-3,6,10,12-13,16H,4-5,7-8H2. The maximum Gasteiger partial charge on any atom is 0.166 e. The summed E-state index contributed by atoms with van der Waals surface area (Å²) in [7, 11) is 0. The van der Waals surface area contributed by atoms with Crippen LogP contribution < -0.4 is 5.32 Å². The summed E-state index contributed by atoms with van der Waals surface area (Å²) >= 11 is 3.43. The number of carbonyl (C=O) groups excluding carboxylic acids is 1. The quantitative estimate of drug-likeness (QED) is 0.849. The van der Waals surface area contributed by atoms with Gasteiger partial charge >= 0.3 is 0 Å². The number of halogens is 1. The van der Waals surface area contributed by atoms with E-state index in [1.54, 1.807) is 0 Å². The van der Waals surface area contributed by atoms with Crippen LogP contribution >= 0.6 is 15.9 Å². The Morgan fingerprint density at radius 2 is 1.94 bits per heavy atom. The summed E-state index contributed by atoms with van der Waals surface area (Å²) in [4.78, 5) is 12.4. The Morgan fingerprint density at radius 1 is 1.24 bits per heavy atom. The molecule has 2 unspecified atom stereocenters. The Bertz CT molecular complexity index is 434. The van der Waals surface area contributed by atoms with Crippen LogP contribution in [0.15, 0.2) is 28.7 Å². The summed E-state index contributed by atoms with van der Waals surface area (Å²) in [6, 6.07) is 8.92. The van der Waals surface area contributed by atoms with Crippen molar-refractivity contribution in [3.63, 3.8) is 0 Å². The molecule has 90 valence electrons. The molecular formula is C14H16BrNO. The zero-order valence-electron chi connectivity index (χ0n) is 9.66. The van der Waals surface area contributed by atoms with Crippen molar-refractivity contribution in [2.45, 2.75) is 37.8 Å². The molecule has 1 aromatic rings. The minimum absolute atomic E-state index is 0.225. The fourth-order valence-corrected chi connectivity index (χ4v) is 3.55. The van der Waals surface area contributed by atoms with Gasteiger partial charge in [0.1, 0.15) is 0 Å². The molecule has 1 N–H and O–H groups in total. The Labute approximate surface area is 110 Å². The lowest BCUT2D eigenvalue weighted by molar-refractivity contribution is 0.0875. The molecule has 17 heavy (non-hydrogen) atoms. The van der Waals surface area contributed by atoms with Crippen LogP contribution in [0.1, 0.15) is 36.0 Å². The van der Waals surface area contributed by atoms with Crippen molar-refractivity contribution in [3.05, 3.63) is 34.3 Å². The smallest absolute Gasteiger partial charge is 0.166 e. The van der Waals surface area contributed by atoms with Gasteiger partial charge in [0.05, 0.1) is 0 Å². The van der Waals surface area contributed by atoms with Gasteiger partial charge in [-0.1, -0.05) is 28.1 Å². The van der Waals surface area contributed by atoms with Gasteiger partial charge in [0, 0.05) is 28.0 Å². The second-order valence-corrected chi connectivity index (χ2v) is 6.10. The normalized spacial score (nSPS) is 31.5. The van der Waals surface area contributed by atoms with Crippen molar-refractivity contribution >= 4 is 21.7 Å². The van der Waals surface area contributed by atoms with Gasteiger partial charge in [0.15, 0.2) is 5.78 Å². The number of nitrogens with one attached hydrogen (secondary N) is 1. The number of hydrogen-bond acceptors (Lipinski definition) is 2. The first-order chi connectivity index (χ1) is 8.22. The van der Waals surface area contributed by atoms with Crippen LogP contribution in [-0.2, 0) is 0 Å². The van der Waals surface area contributed by atoms with E-state index in [-0.39, 0.29) is 5.92 Å². The third-order valence-electron chi connectivity index (χ3n) is 3.95. The van der Waals surface area contributed by atoms with Gasteiger partial charge in [-0.05, 0) is 37.8 Å². The van der Waals surface area contributed by atoms with E-state index in [0.717, 1.165) is 22.9 Å². The minimum Gasteiger partial charge on any atom is -0.311 e. The maximum absolute atomic E-state index is 12.4. The molecule has 2 atom stereocenters. The van der Waals surface area contributed by atoms with Crippen LogP contribution in [0.5, 0.6) is 0 Å². The summed E-state index contributed by atoms with van der Waals surface area (Å²) in [5.74, 6) is 0.549. The highest BCUT2D eigenvalue weighted by Gasteiger charge is 2.36. The van der Waals surface area contributed by atoms with Gasteiger partial charge < -0.3 is 5.32 Å². The van der Waals surface area contributed by atoms with Gasteiger partial charge in [-0.3, -0.25) is 4.79 Å². The van der Waals surface area contributed by atoms with E-state index >= 15 is 0 Å². The Kier molecular flexibility index (Phi) is 3.05. The Balaban J connectivity index is 1.78. The largest absolute Gasteiger partial charge is 0.311 e. The summed E-state index contributed by atoms with van der Waals surface area (Å²) < 4.78 is 0.986.